The molecular formula is C17H13F2N3O4S. The average Bonchev–Trinajstić information content (AvgIpc) is 3.02. The molecule has 3 aromatic rings. The Hall–Kier alpha value is -3.01. The van der Waals surface area contributed by atoms with E-state index in [4.69, 9.17) is 4.42 Å². The fourth-order valence-corrected chi connectivity index (χ4v) is 3.17. The maximum absolute atomic E-state index is 12.5. The van der Waals surface area contributed by atoms with Gasteiger partial charge in [-0.2, -0.15) is 8.78 Å². The van der Waals surface area contributed by atoms with Crippen LogP contribution in [0.2, 0.25) is 0 Å². The Morgan fingerprint density at radius 3 is 2.48 bits per heavy atom. The van der Waals surface area contributed by atoms with Crippen molar-refractivity contribution in [3.8, 4) is 17.2 Å². The molecule has 0 N–H and O–H groups in total. The number of aryl methyl sites for hydroxylation is 2. The summed E-state index contributed by atoms with van der Waals surface area (Å²) in [6, 6.07) is 9.42. The molecule has 27 heavy (non-hydrogen) atoms. The first kappa shape index (κ1) is 18.8. The zero-order valence-electron chi connectivity index (χ0n) is 14.2. The van der Waals surface area contributed by atoms with Crippen LogP contribution in [0.15, 0.2) is 50.9 Å². The number of nitro groups is 1. The monoisotopic (exact) mass is 393 g/mol. The van der Waals surface area contributed by atoms with Gasteiger partial charge in [-0.25, -0.2) is 0 Å². The minimum atomic E-state index is -3.18. The van der Waals surface area contributed by atoms with Crippen molar-refractivity contribution in [1.29, 1.82) is 0 Å². The highest BCUT2D eigenvalue weighted by molar-refractivity contribution is 7.99. The van der Waals surface area contributed by atoms with Gasteiger partial charge in [-0.1, -0.05) is 17.2 Å². The molecule has 0 saturated carbocycles. The number of aromatic nitrogens is 2. The molecule has 140 valence electrons. The van der Waals surface area contributed by atoms with E-state index >= 15 is 0 Å². The Kier molecular flexibility index (Phi) is 5.36. The SMILES string of the molecule is Cc1cc(C)cc(-c2nnc(Sc3ccc([N+](=O)[O-])c(OC(F)F)c3)o2)c1. The summed E-state index contributed by atoms with van der Waals surface area (Å²) in [5, 5.41) is 19.0. The van der Waals surface area contributed by atoms with Crippen molar-refractivity contribution in [1.82, 2.24) is 10.2 Å². The van der Waals surface area contributed by atoms with E-state index in [0.29, 0.717) is 10.8 Å². The van der Waals surface area contributed by atoms with Gasteiger partial charge in [-0.3, -0.25) is 10.1 Å². The van der Waals surface area contributed by atoms with Gasteiger partial charge in [0.2, 0.25) is 11.6 Å². The minimum absolute atomic E-state index is 0.168. The van der Waals surface area contributed by atoms with E-state index < -0.39 is 23.0 Å². The van der Waals surface area contributed by atoms with Crippen LogP contribution < -0.4 is 4.74 Å². The van der Waals surface area contributed by atoms with Crippen LogP contribution in [0.25, 0.3) is 11.5 Å². The molecule has 0 aliphatic heterocycles. The van der Waals surface area contributed by atoms with E-state index in [1.165, 1.54) is 6.07 Å². The van der Waals surface area contributed by atoms with Crippen LogP contribution in [0.4, 0.5) is 14.5 Å². The van der Waals surface area contributed by atoms with E-state index in [0.717, 1.165) is 40.6 Å². The zero-order chi connectivity index (χ0) is 19.6. The fourth-order valence-electron chi connectivity index (χ4n) is 2.47. The second-order valence-electron chi connectivity index (χ2n) is 5.62. The highest BCUT2D eigenvalue weighted by atomic mass is 32.2. The maximum atomic E-state index is 12.5. The van der Waals surface area contributed by atoms with E-state index in [1.54, 1.807) is 0 Å². The lowest BCUT2D eigenvalue weighted by molar-refractivity contribution is -0.386. The Bertz CT molecular complexity index is 974. The summed E-state index contributed by atoms with van der Waals surface area (Å²) in [4.78, 5) is 10.5. The smallest absolute Gasteiger partial charge is 0.387 e. The van der Waals surface area contributed by atoms with E-state index in [9.17, 15) is 18.9 Å². The van der Waals surface area contributed by atoms with Gasteiger partial charge in [0.15, 0.2) is 0 Å². The van der Waals surface area contributed by atoms with Gasteiger partial charge in [0.05, 0.1) is 4.92 Å². The van der Waals surface area contributed by atoms with Gasteiger partial charge in [-0.05, 0) is 43.8 Å². The molecule has 0 fully saturated rings. The second-order valence-corrected chi connectivity index (χ2v) is 6.64. The van der Waals surface area contributed by atoms with Crippen LogP contribution in [0, 0.1) is 24.0 Å². The first-order chi connectivity index (χ1) is 12.8. The van der Waals surface area contributed by atoms with Gasteiger partial charge >= 0.3 is 12.3 Å². The number of nitro benzene ring substituents is 1. The molecule has 7 nitrogen and oxygen atoms in total. The van der Waals surface area contributed by atoms with E-state index in [-0.39, 0.29) is 5.22 Å². The quantitative estimate of drug-likeness (QED) is 0.429. The normalized spacial score (nSPS) is 11.0. The predicted octanol–water partition coefficient (Wildman–Crippen LogP) is 5.01. The summed E-state index contributed by atoms with van der Waals surface area (Å²) in [7, 11) is 0. The van der Waals surface area contributed by atoms with Crippen molar-refractivity contribution >= 4 is 17.4 Å². The number of alkyl halides is 2. The van der Waals surface area contributed by atoms with Crippen molar-refractivity contribution in [2.24, 2.45) is 0 Å². The molecule has 1 aromatic heterocycles. The first-order valence-corrected chi connectivity index (χ1v) is 8.47. The van der Waals surface area contributed by atoms with Crippen molar-refractivity contribution in [2.45, 2.75) is 30.6 Å². The molecule has 0 atom stereocenters. The van der Waals surface area contributed by atoms with Crippen molar-refractivity contribution in [2.75, 3.05) is 0 Å². The van der Waals surface area contributed by atoms with Gasteiger partial charge in [0.25, 0.3) is 5.22 Å². The molecule has 0 radical (unpaired) electrons. The maximum Gasteiger partial charge on any atom is 0.387 e. The third kappa shape index (κ3) is 4.59. The fraction of sp³-hybridized carbons (Fsp3) is 0.176. The summed E-state index contributed by atoms with van der Waals surface area (Å²) >= 11 is 0.985. The highest BCUT2D eigenvalue weighted by Gasteiger charge is 2.20. The van der Waals surface area contributed by atoms with Crippen LogP contribution in [0.3, 0.4) is 0 Å². The number of halogens is 2. The molecule has 0 aliphatic rings. The second kappa shape index (κ2) is 7.70. The number of nitrogens with zero attached hydrogens (tertiary/aromatic N) is 3. The molecule has 0 saturated heterocycles. The molecule has 0 bridgehead atoms. The predicted molar refractivity (Wildman–Crippen MR) is 93.1 cm³/mol. The Morgan fingerprint density at radius 2 is 1.85 bits per heavy atom. The average molecular weight is 393 g/mol. The molecule has 0 amide bonds. The molecule has 10 heteroatoms. The lowest BCUT2D eigenvalue weighted by atomic mass is 10.1. The van der Waals surface area contributed by atoms with E-state index in [1.807, 2.05) is 32.0 Å². The number of benzene rings is 2. The Morgan fingerprint density at radius 1 is 1.15 bits per heavy atom. The third-order valence-corrected chi connectivity index (χ3v) is 4.25. The van der Waals surface area contributed by atoms with Crippen LogP contribution in [0.1, 0.15) is 11.1 Å². The van der Waals surface area contributed by atoms with Gasteiger partial charge in [0, 0.05) is 22.6 Å². The van der Waals surface area contributed by atoms with Crippen LogP contribution in [0.5, 0.6) is 5.75 Å². The Labute approximate surface area is 156 Å². The van der Waals surface area contributed by atoms with E-state index in [2.05, 4.69) is 14.9 Å². The van der Waals surface area contributed by atoms with Crippen LogP contribution in [-0.4, -0.2) is 21.7 Å². The van der Waals surface area contributed by atoms with Gasteiger partial charge < -0.3 is 9.15 Å². The minimum Gasteiger partial charge on any atom is -0.427 e. The lowest BCUT2D eigenvalue weighted by Crippen LogP contribution is -2.04. The lowest BCUT2D eigenvalue weighted by Gasteiger charge is -2.06. The number of ether oxygens (including phenoxy) is 1. The summed E-state index contributed by atoms with van der Waals surface area (Å²) in [6.45, 7) is 0.719. The molecule has 3 rings (SSSR count). The zero-order valence-corrected chi connectivity index (χ0v) is 15.0. The standard InChI is InChI=1S/C17H13F2N3O4S/c1-9-5-10(2)7-11(6-9)15-20-21-17(26-15)27-12-3-4-13(22(23)24)14(8-12)25-16(18)19/h3-8,16H,1-2H3. The summed E-state index contributed by atoms with van der Waals surface area (Å²) in [5.74, 6) is -0.218. The summed E-state index contributed by atoms with van der Waals surface area (Å²) < 4.78 is 34.8. The van der Waals surface area contributed by atoms with Crippen molar-refractivity contribution < 1.29 is 22.9 Å². The molecule has 0 spiro atoms. The Balaban J connectivity index is 1.85. The number of hydrogen-bond donors (Lipinski definition) is 0. The third-order valence-electron chi connectivity index (χ3n) is 3.42. The molecular weight excluding hydrogens is 380 g/mol. The number of rotatable bonds is 6. The van der Waals surface area contributed by atoms with Crippen molar-refractivity contribution in [3.63, 3.8) is 0 Å². The largest absolute Gasteiger partial charge is 0.427 e. The van der Waals surface area contributed by atoms with Crippen LogP contribution in [-0.2, 0) is 0 Å². The number of hydrogen-bond acceptors (Lipinski definition) is 7. The van der Waals surface area contributed by atoms with Gasteiger partial charge in [0.1, 0.15) is 0 Å². The summed E-state index contributed by atoms with van der Waals surface area (Å²) in [6.07, 6.45) is 0. The molecule has 0 unspecified atom stereocenters. The van der Waals surface area contributed by atoms with Crippen molar-refractivity contribution in [3.05, 3.63) is 57.6 Å². The highest BCUT2D eigenvalue weighted by Crippen LogP contribution is 2.36. The summed E-state index contributed by atoms with van der Waals surface area (Å²) in [5.41, 5.74) is 2.29. The van der Waals surface area contributed by atoms with Gasteiger partial charge in [-0.15, -0.1) is 10.2 Å². The molecule has 1 heterocycles. The molecule has 2 aromatic carbocycles. The molecule has 0 aliphatic carbocycles. The van der Waals surface area contributed by atoms with Crippen LogP contribution >= 0.6 is 11.8 Å². The topological polar surface area (TPSA) is 91.3 Å². The first-order valence-electron chi connectivity index (χ1n) is 7.65.